The number of aromatic nitrogens is 1. The topological polar surface area (TPSA) is 25.2 Å². The molecule has 1 aromatic carbocycles. The molecule has 2 aromatic rings. The molecule has 2 rings (SSSR count). The molecule has 1 atom stereocenters. The van der Waals surface area contributed by atoms with Crippen molar-refractivity contribution < 1.29 is 17.6 Å². The molecule has 3 nitrogen and oxygen atoms in total. The molecule has 0 fully saturated rings. The van der Waals surface area contributed by atoms with Gasteiger partial charge in [0.05, 0.1) is 0 Å². The van der Waals surface area contributed by atoms with E-state index in [0.29, 0.717) is 5.02 Å². The number of halogens is 5. The predicted molar refractivity (Wildman–Crippen MR) is 90.1 cm³/mol. The highest BCUT2D eigenvalue weighted by Crippen LogP contribution is 2.42. The van der Waals surface area contributed by atoms with Gasteiger partial charge in [-0.15, -0.1) is 0 Å². The van der Waals surface area contributed by atoms with Gasteiger partial charge < -0.3 is 4.57 Å². The molecule has 136 valence electrons. The van der Waals surface area contributed by atoms with Crippen LogP contribution in [0.3, 0.4) is 0 Å². The van der Waals surface area contributed by atoms with Crippen LogP contribution in [0.25, 0.3) is 0 Å². The van der Waals surface area contributed by atoms with E-state index in [2.05, 4.69) is 0 Å². The van der Waals surface area contributed by atoms with E-state index >= 15 is 0 Å². The van der Waals surface area contributed by atoms with E-state index < -0.39 is 23.6 Å². The Balaban J connectivity index is 2.40. The molecule has 0 aliphatic carbocycles. The highest BCUT2D eigenvalue weighted by Gasteiger charge is 2.44. The maximum Gasteiger partial charge on any atom is 0.408 e. The summed E-state index contributed by atoms with van der Waals surface area (Å²) >= 11 is 6.49. The van der Waals surface area contributed by atoms with Crippen LogP contribution >= 0.6 is 23.5 Å². The molecule has 0 aliphatic rings. The summed E-state index contributed by atoms with van der Waals surface area (Å²) in [6.07, 6.45) is -3.25. The summed E-state index contributed by atoms with van der Waals surface area (Å²) < 4.78 is 56.6. The SMILES string of the molecule is CCN(Sc1cc(F)c(=O)n(C)c1)C(c1ccc(Cl)cc1)C(F)(F)F. The Morgan fingerprint density at radius 3 is 2.36 bits per heavy atom. The average molecular weight is 395 g/mol. The molecule has 0 radical (unpaired) electrons. The molecule has 0 saturated carbocycles. The van der Waals surface area contributed by atoms with Crippen molar-refractivity contribution in [3.63, 3.8) is 0 Å². The van der Waals surface area contributed by atoms with Crippen molar-refractivity contribution in [2.24, 2.45) is 7.05 Å². The molecule has 1 unspecified atom stereocenters. The minimum Gasteiger partial charge on any atom is -0.315 e. The number of nitrogens with zero attached hydrogens (tertiary/aromatic N) is 2. The smallest absolute Gasteiger partial charge is 0.315 e. The Labute approximate surface area is 151 Å². The molecule has 0 N–H and O–H groups in total. The molecule has 0 bridgehead atoms. The fourth-order valence-corrected chi connectivity index (χ4v) is 3.52. The first-order valence-corrected chi connectivity index (χ1v) is 8.41. The van der Waals surface area contributed by atoms with Crippen molar-refractivity contribution in [1.82, 2.24) is 8.87 Å². The van der Waals surface area contributed by atoms with Crippen LogP contribution < -0.4 is 5.56 Å². The molecule has 0 amide bonds. The standard InChI is InChI=1S/C16H15ClF4N2OS/c1-3-23(25-12-8-13(18)15(24)22(2)9-12)14(16(19,20)21)10-4-6-11(17)7-5-10/h4-9,14H,3H2,1-2H3. The minimum atomic E-state index is -4.55. The molecule has 0 aliphatic heterocycles. The zero-order chi connectivity index (χ0) is 18.8. The van der Waals surface area contributed by atoms with Gasteiger partial charge in [-0.3, -0.25) is 4.79 Å². The van der Waals surface area contributed by atoms with E-state index in [4.69, 9.17) is 11.6 Å². The molecular weight excluding hydrogens is 380 g/mol. The van der Waals surface area contributed by atoms with Gasteiger partial charge in [-0.1, -0.05) is 30.7 Å². The van der Waals surface area contributed by atoms with Crippen LogP contribution in [0.15, 0.2) is 46.2 Å². The third-order valence-corrected chi connectivity index (χ3v) is 4.82. The number of hydrogen-bond acceptors (Lipinski definition) is 3. The van der Waals surface area contributed by atoms with Crippen molar-refractivity contribution in [3.05, 3.63) is 63.3 Å². The van der Waals surface area contributed by atoms with Crippen LogP contribution in [0.4, 0.5) is 17.6 Å². The van der Waals surface area contributed by atoms with E-state index in [1.54, 1.807) is 6.92 Å². The van der Waals surface area contributed by atoms with Gasteiger partial charge in [0.15, 0.2) is 5.82 Å². The number of alkyl halides is 3. The summed E-state index contributed by atoms with van der Waals surface area (Å²) in [4.78, 5) is 11.6. The van der Waals surface area contributed by atoms with Gasteiger partial charge in [0.25, 0.3) is 5.56 Å². The van der Waals surface area contributed by atoms with Crippen LogP contribution in [0, 0.1) is 5.82 Å². The lowest BCUT2D eigenvalue weighted by molar-refractivity contribution is -0.172. The maximum absolute atomic E-state index is 13.7. The lowest BCUT2D eigenvalue weighted by Gasteiger charge is -2.31. The van der Waals surface area contributed by atoms with Gasteiger partial charge in [0.1, 0.15) is 6.04 Å². The zero-order valence-electron chi connectivity index (χ0n) is 13.3. The Bertz CT molecular complexity index is 766. The van der Waals surface area contributed by atoms with Crippen LogP contribution in [-0.2, 0) is 7.05 Å². The number of aryl methyl sites for hydroxylation is 1. The molecule has 0 spiro atoms. The number of benzene rings is 1. The van der Waals surface area contributed by atoms with Gasteiger partial charge in [-0.25, -0.2) is 8.70 Å². The molecule has 9 heteroatoms. The zero-order valence-corrected chi connectivity index (χ0v) is 14.9. The quantitative estimate of drug-likeness (QED) is 0.537. The van der Waals surface area contributed by atoms with Crippen molar-refractivity contribution >= 4 is 23.5 Å². The monoisotopic (exact) mass is 394 g/mol. The Morgan fingerprint density at radius 1 is 1.28 bits per heavy atom. The lowest BCUT2D eigenvalue weighted by Crippen LogP contribution is -2.34. The third kappa shape index (κ3) is 4.77. The second-order valence-electron chi connectivity index (χ2n) is 5.26. The first-order valence-electron chi connectivity index (χ1n) is 7.26. The molecule has 1 aromatic heterocycles. The average Bonchev–Trinajstić information content (AvgIpc) is 2.52. The fraction of sp³-hybridized carbons (Fsp3) is 0.312. The van der Waals surface area contributed by atoms with Crippen molar-refractivity contribution in [1.29, 1.82) is 0 Å². The summed E-state index contributed by atoms with van der Waals surface area (Å²) in [5, 5.41) is 0.334. The van der Waals surface area contributed by atoms with Crippen molar-refractivity contribution in [2.45, 2.75) is 24.0 Å². The lowest BCUT2D eigenvalue weighted by atomic mass is 10.1. The van der Waals surface area contributed by atoms with Gasteiger partial charge in [-0.05, 0) is 35.7 Å². The number of pyridine rings is 1. The van der Waals surface area contributed by atoms with Crippen molar-refractivity contribution in [3.8, 4) is 0 Å². The minimum absolute atomic E-state index is 0.0246. The van der Waals surface area contributed by atoms with Crippen LogP contribution in [0.2, 0.25) is 5.02 Å². The predicted octanol–water partition coefficient (Wildman–Crippen LogP) is 4.81. The Morgan fingerprint density at radius 2 is 1.88 bits per heavy atom. The largest absolute Gasteiger partial charge is 0.408 e. The van der Waals surface area contributed by atoms with Crippen molar-refractivity contribution in [2.75, 3.05) is 6.54 Å². The second kappa shape index (κ2) is 7.80. The van der Waals surface area contributed by atoms with Gasteiger partial charge in [0.2, 0.25) is 0 Å². The molecule has 1 heterocycles. The number of hydrogen-bond donors (Lipinski definition) is 0. The van der Waals surface area contributed by atoms with Gasteiger partial charge in [-0.2, -0.15) is 13.2 Å². The van der Waals surface area contributed by atoms with E-state index in [-0.39, 0.29) is 17.0 Å². The summed E-state index contributed by atoms with van der Waals surface area (Å²) in [5.74, 6) is -1.02. The van der Waals surface area contributed by atoms with Gasteiger partial charge >= 0.3 is 6.18 Å². The van der Waals surface area contributed by atoms with E-state index in [1.165, 1.54) is 37.5 Å². The van der Waals surface area contributed by atoms with E-state index in [1.807, 2.05) is 0 Å². The molecular formula is C16H15ClF4N2OS. The first kappa shape index (κ1) is 19.8. The first-order chi connectivity index (χ1) is 11.6. The maximum atomic E-state index is 13.7. The second-order valence-corrected chi connectivity index (χ2v) is 6.82. The van der Waals surface area contributed by atoms with Crippen LogP contribution in [0.5, 0.6) is 0 Å². The highest BCUT2D eigenvalue weighted by molar-refractivity contribution is 7.97. The van der Waals surface area contributed by atoms with E-state index in [0.717, 1.165) is 26.9 Å². The third-order valence-electron chi connectivity index (χ3n) is 3.43. The van der Waals surface area contributed by atoms with Crippen LogP contribution in [-0.4, -0.2) is 21.6 Å². The normalized spacial score (nSPS) is 13.3. The highest BCUT2D eigenvalue weighted by atomic mass is 35.5. The summed E-state index contributed by atoms with van der Waals surface area (Å²) in [6.45, 7) is 1.61. The summed E-state index contributed by atoms with van der Waals surface area (Å²) in [7, 11) is 1.34. The fourth-order valence-electron chi connectivity index (χ4n) is 2.29. The summed E-state index contributed by atoms with van der Waals surface area (Å²) in [5.41, 5.74) is -0.811. The Kier molecular flexibility index (Phi) is 6.18. The molecule has 0 saturated heterocycles. The Hall–Kier alpha value is -1.51. The van der Waals surface area contributed by atoms with Gasteiger partial charge in [0, 0.05) is 29.7 Å². The summed E-state index contributed by atoms with van der Waals surface area (Å²) in [6, 6.07) is 4.43. The number of rotatable bonds is 5. The molecule has 25 heavy (non-hydrogen) atoms. The van der Waals surface area contributed by atoms with Crippen LogP contribution in [0.1, 0.15) is 18.5 Å². The van der Waals surface area contributed by atoms with E-state index in [9.17, 15) is 22.4 Å².